The molecule has 0 radical (unpaired) electrons. The first kappa shape index (κ1) is 9.02. The Hall–Kier alpha value is -0.980. The summed E-state index contributed by atoms with van der Waals surface area (Å²) in [5, 5.41) is 3.07. The smallest absolute Gasteiger partial charge is 0.0102 e. The third kappa shape index (κ3) is 3.13. The zero-order valence-electron chi connectivity index (χ0n) is 6.94. The molecule has 1 nitrogen and oxygen atoms in total. The first-order valence-electron chi connectivity index (χ1n) is 3.36. The molecule has 0 saturated heterocycles. The Morgan fingerprint density at radius 2 is 2.00 bits per heavy atom. The molecule has 0 rings (SSSR count). The van der Waals surface area contributed by atoms with Crippen LogP contribution < -0.4 is 5.32 Å². The van der Waals surface area contributed by atoms with E-state index >= 15 is 0 Å². The van der Waals surface area contributed by atoms with Crippen LogP contribution >= 0.6 is 0 Å². The summed E-state index contributed by atoms with van der Waals surface area (Å²) in [5.41, 5.74) is 2.43. The fourth-order valence-electron chi connectivity index (χ4n) is 0.535. The molecule has 1 heteroatoms. The molecule has 0 aromatic carbocycles. The van der Waals surface area contributed by atoms with Crippen LogP contribution in [0, 0.1) is 0 Å². The van der Waals surface area contributed by atoms with Gasteiger partial charge in [0.1, 0.15) is 0 Å². The van der Waals surface area contributed by atoms with Crippen LogP contribution in [0.3, 0.4) is 0 Å². The standard InChI is InChI=1S/C9H15N/c1-5-6-7-8(2)9(3)10-4/h5-7,10H,1H2,2-4H3/b7-6-,9-8+. The van der Waals surface area contributed by atoms with Gasteiger partial charge in [0, 0.05) is 12.7 Å². The predicted octanol–water partition coefficient (Wildman–Crippen LogP) is 2.24. The Balaban J connectivity index is 4.17. The summed E-state index contributed by atoms with van der Waals surface area (Å²) in [6.07, 6.45) is 5.72. The number of nitrogens with one attached hydrogen (secondary N) is 1. The van der Waals surface area contributed by atoms with E-state index in [1.807, 2.05) is 26.1 Å². The highest BCUT2D eigenvalue weighted by atomic mass is 14.8. The zero-order chi connectivity index (χ0) is 7.98. The summed E-state index contributed by atoms with van der Waals surface area (Å²) in [6, 6.07) is 0. The maximum absolute atomic E-state index is 3.59. The maximum atomic E-state index is 3.59. The molecule has 0 aromatic heterocycles. The average molecular weight is 137 g/mol. The topological polar surface area (TPSA) is 12.0 Å². The summed E-state index contributed by atoms with van der Waals surface area (Å²) >= 11 is 0. The summed E-state index contributed by atoms with van der Waals surface area (Å²) in [5.74, 6) is 0. The quantitative estimate of drug-likeness (QED) is 0.588. The van der Waals surface area contributed by atoms with Crippen molar-refractivity contribution in [2.45, 2.75) is 13.8 Å². The van der Waals surface area contributed by atoms with Crippen molar-refractivity contribution in [1.82, 2.24) is 5.32 Å². The predicted molar refractivity (Wildman–Crippen MR) is 46.8 cm³/mol. The van der Waals surface area contributed by atoms with E-state index in [1.54, 1.807) is 6.08 Å². The van der Waals surface area contributed by atoms with Gasteiger partial charge in [-0.05, 0) is 19.4 Å². The van der Waals surface area contributed by atoms with Crippen LogP contribution in [0.2, 0.25) is 0 Å². The lowest BCUT2D eigenvalue weighted by atomic mass is 10.2. The van der Waals surface area contributed by atoms with E-state index in [0.29, 0.717) is 0 Å². The van der Waals surface area contributed by atoms with Gasteiger partial charge in [-0.25, -0.2) is 0 Å². The van der Waals surface area contributed by atoms with Gasteiger partial charge < -0.3 is 5.32 Å². The van der Waals surface area contributed by atoms with Crippen molar-refractivity contribution >= 4 is 0 Å². The first-order chi connectivity index (χ1) is 4.72. The van der Waals surface area contributed by atoms with Gasteiger partial charge in [-0.3, -0.25) is 0 Å². The van der Waals surface area contributed by atoms with Gasteiger partial charge in [-0.2, -0.15) is 0 Å². The van der Waals surface area contributed by atoms with Crippen molar-refractivity contribution in [2.75, 3.05) is 7.05 Å². The fraction of sp³-hybridized carbons (Fsp3) is 0.333. The van der Waals surface area contributed by atoms with E-state index in [1.165, 1.54) is 11.3 Å². The van der Waals surface area contributed by atoms with Crippen LogP contribution in [0.5, 0.6) is 0 Å². The normalized spacial score (nSPS) is 13.1. The highest BCUT2D eigenvalue weighted by Gasteiger charge is 1.85. The Labute approximate surface area is 63.1 Å². The largest absolute Gasteiger partial charge is 0.391 e. The van der Waals surface area contributed by atoms with Crippen LogP contribution in [-0.2, 0) is 0 Å². The van der Waals surface area contributed by atoms with Crippen molar-refractivity contribution in [1.29, 1.82) is 0 Å². The summed E-state index contributed by atoms with van der Waals surface area (Å²) in [4.78, 5) is 0. The number of rotatable bonds is 3. The fourth-order valence-corrected chi connectivity index (χ4v) is 0.535. The molecule has 10 heavy (non-hydrogen) atoms. The lowest BCUT2D eigenvalue weighted by Crippen LogP contribution is -2.03. The Morgan fingerprint density at radius 1 is 1.40 bits per heavy atom. The molecule has 0 aliphatic rings. The lowest BCUT2D eigenvalue weighted by molar-refractivity contribution is 0.969. The third-order valence-electron chi connectivity index (χ3n) is 1.45. The second kappa shape index (κ2) is 4.86. The van der Waals surface area contributed by atoms with Crippen molar-refractivity contribution in [3.63, 3.8) is 0 Å². The molecule has 0 unspecified atom stereocenters. The molecule has 0 aliphatic heterocycles. The van der Waals surface area contributed by atoms with Crippen molar-refractivity contribution in [2.24, 2.45) is 0 Å². The molecule has 0 atom stereocenters. The van der Waals surface area contributed by atoms with Gasteiger partial charge >= 0.3 is 0 Å². The van der Waals surface area contributed by atoms with Crippen molar-refractivity contribution in [3.8, 4) is 0 Å². The summed E-state index contributed by atoms with van der Waals surface area (Å²) in [6.45, 7) is 7.69. The van der Waals surface area contributed by atoms with Crippen LogP contribution in [-0.4, -0.2) is 7.05 Å². The van der Waals surface area contributed by atoms with Crippen molar-refractivity contribution < 1.29 is 0 Å². The minimum absolute atomic E-state index is 1.19. The highest BCUT2D eigenvalue weighted by Crippen LogP contribution is 2.00. The second-order valence-corrected chi connectivity index (χ2v) is 2.15. The molecule has 56 valence electrons. The van der Waals surface area contributed by atoms with Crippen LogP contribution in [0.15, 0.2) is 36.1 Å². The first-order valence-corrected chi connectivity index (χ1v) is 3.36. The van der Waals surface area contributed by atoms with Gasteiger partial charge in [-0.15, -0.1) is 0 Å². The minimum atomic E-state index is 1.19. The van der Waals surface area contributed by atoms with E-state index in [4.69, 9.17) is 0 Å². The van der Waals surface area contributed by atoms with Crippen molar-refractivity contribution in [3.05, 3.63) is 36.1 Å². The number of allylic oxidation sites excluding steroid dienone is 5. The second-order valence-electron chi connectivity index (χ2n) is 2.15. The van der Waals surface area contributed by atoms with E-state index < -0.39 is 0 Å². The molecule has 0 amide bonds. The third-order valence-corrected chi connectivity index (χ3v) is 1.45. The molecule has 0 heterocycles. The van der Waals surface area contributed by atoms with Gasteiger partial charge in [0.25, 0.3) is 0 Å². The SMILES string of the molecule is C=C/C=C\C(C)=C(/C)NC. The van der Waals surface area contributed by atoms with Crippen LogP contribution in [0.4, 0.5) is 0 Å². The van der Waals surface area contributed by atoms with E-state index in [-0.39, 0.29) is 0 Å². The zero-order valence-corrected chi connectivity index (χ0v) is 6.94. The monoisotopic (exact) mass is 137 g/mol. The van der Waals surface area contributed by atoms with Gasteiger partial charge in [-0.1, -0.05) is 24.8 Å². The molecular weight excluding hydrogens is 122 g/mol. The molecule has 1 N–H and O–H groups in total. The Bertz CT molecular complexity index is 164. The van der Waals surface area contributed by atoms with E-state index in [2.05, 4.69) is 18.8 Å². The Morgan fingerprint density at radius 3 is 2.40 bits per heavy atom. The number of hydrogen-bond donors (Lipinski definition) is 1. The van der Waals surface area contributed by atoms with Crippen LogP contribution in [0.25, 0.3) is 0 Å². The number of hydrogen-bond acceptors (Lipinski definition) is 1. The summed E-state index contributed by atoms with van der Waals surface area (Å²) in [7, 11) is 1.92. The highest BCUT2D eigenvalue weighted by molar-refractivity contribution is 5.23. The minimum Gasteiger partial charge on any atom is -0.391 e. The summed E-state index contributed by atoms with van der Waals surface area (Å²) < 4.78 is 0. The molecule has 0 bridgehead atoms. The maximum Gasteiger partial charge on any atom is 0.0102 e. The Kier molecular flexibility index (Phi) is 4.38. The van der Waals surface area contributed by atoms with Gasteiger partial charge in [0.15, 0.2) is 0 Å². The molecule has 0 saturated carbocycles. The average Bonchev–Trinajstić information content (AvgIpc) is 1.98. The molecule has 0 aliphatic carbocycles. The molecule has 0 spiro atoms. The van der Waals surface area contributed by atoms with E-state index in [0.717, 1.165) is 0 Å². The molecule has 0 fully saturated rings. The molecular formula is C9H15N. The lowest BCUT2D eigenvalue weighted by Gasteiger charge is -2.00. The molecule has 0 aromatic rings. The van der Waals surface area contributed by atoms with Gasteiger partial charge in [0.2, 0.25) is 0 Å². The van der Waals surface area contributed by atoms with E-state index in [9.17, 15) is 0 Å². The van der Waals surface area contributed by atoms with Crippen LogP contribution in [0.1, 0.15) is 13.8 Å². The van der Waals surface area contributed by atoms with Gasteiger partial charge in [0.05, 0.1) is 0 Å².